The fourth-order valence-electron chi connectivity index (χ4n) is 0.854. The highest BCUT2D eigenvalue weighted by atomic mass is 79.9. The maximum Gasteiger partial charge on any atom is 0.185 e. The van der Waals surface area contributed by atoms with Gasteiger partial charge in [0.2, 0.25) is 0 Å². The summed E-state index contributed by atoms with van der Waals surface area (Å²) in [5.74, 6) is -1.74. The molecule has 1 aromatic rings. The van der Waals surface area contributed by atoms with E-state index in [1.165, 1.54) is 0 Å². The highest BCUT2D eigenvalue weighted by Gasteiger charge is 1.99. The molecule has 0 aliphatic carbocycles. The van der Waals surface area contributed by atoms with E-state index >= 15 is 0 Å². The van der Waals surface area contributed by atoms with Crippen molar-refractivity contribution >= 4 is 27.7 Å². The van der Waals surface area contributed by atoms with Gasteiger partial charge in [-0.1, -0.05) is 15.9 Å². The van der Waals surface area contributed by atoms with Gasteiger partial charge in [-0.3, -0.25) is 4.79 Å². The summed E-state index contributed by atoms with van der Waals surface area (Å²) >= 11 is 3.22. The molecule has 0 unspecified atom stereocenters. The van der Waals surface area contributed by atoms with Crippen molar-refractivity contribution in [3.05, 3.63) is 46.5 Å². The minimum absolute atomic E-state index is 0.360. The Hall–Kier alpha value is -1.42. The van der Waals surface area contributed by atoms with Crippen LogP contribution in [0.3, 0.4) is 0 Å². The predicted molar refractivity (Wildman–Crippen MR) is 52.6 cm³/mol. The molecule has 0 amide bonds. The van der Waals surface area contributed by atoms with Gasteiger partial charge in [0, 0.05) is 10.0 Å². The molecule has 14 heavy (non-hydrogen) atoms. The van der Waals surface area contributed by atoms with Gasteiger partial charge >= 0.3 is 0 Å². The fraction of sp³-hybridized carbons (Fsp3) is 0. The Morgan fingerprint density at radius 3 is 2.21 bits per heavy atom. The van der Waals surface area contributed by atoms with Gasteiger partial charge in [-0.25, -0.2) is 0 Å². The first-order valence-corrected chi connectivity index (χ1v) is 4.58. The molecule has 0 bridgehead atoms. The molecule has 1 aromatic carbocycles. The smallest absolute Gasteiger partial charge is 0.185 e. The van der Waals surface area contributed by atoms with E-state index in [1.54, 1.807) is 24.3 Å². The number of rotatable bonds is 3. The molecule has 0 heterocycles. The first-order valence-electron chi connectivity index (χ1n) is 3.78. The lowest BCUT2D eigenvalue weighted by Crippen LogP contribution is -2.19. The van der Waals surface area contributed by atoms with Gasteiger partial charge in [0.05, 0.1) is 5.97 Å². The van der Waals surface area contributed by atoms with Gasteiger partial charge in [-0.05, 0) is 36.4 Å². The summed E-state index contributed by atoms with van der Waals surface area (Å²) in [5, 5.41) is 10.0. The molecular formula is C10H6BrO3-. The van der Waals surface area contributed by atoms with E-state index in [-0.39, 0.29) is 5.78 Å². The number of carbonyl (C=O) groups excluding carboxylic acids is 2. The van der Waals surface area contributed by atoms with Crippen molar-refractivity contribution in [1.29, 1.82) is 0 Å². The molecule has 0 atom stereocenters. The molecule has 0 saturated carbocycles. The minimum Gasteiger partial charge on any atom is -0.545 e. The van der Waals surface area contributed by atoms with Gasteiger partial charge in [-0.15, -0.1) is 0 Å². The fourth-order valence-corrected chi connectivity index (χ4v) is 1.12. The van der Waals surface area contributed by atoms with Crippen molar-refractivity contribution in [1.82, 2.24) is 0 Å². The standard InChI is InChI=1S/C10H7BrO3/c11-8-3-1-7(2-4-8)9(12)5-6-10(13)14/h1-6H,(H,13,14)/p-1/b6-5+. The van der Waals surface area contributed by atoms with Crippen LogP contribution in [-0.4, -0.2) is 11.8 Å². The highest BCUT2D eigenvalue weighted by molar-refractivity contribution is 9.10. The summed E-state index contributed by atoms with van der Waals surface area (Å²) in [6.45, 7) is 0. The zero-order valence-corrected chi connectivity index (χ0v) is 8.65. The lowest BCUT2D eigenvalue weighted by atomic mass is 10.1. The number of aliphatic carboxylic acids is 1. The monoisotopic (exact) mass is 253 g/mol. The third kappa shape index (κ3) is 3.14. The number of allylic oxidation sites excluding steroid dienone is 1. The second-order valence-corrected chi connectivity index (χ2v) is 3.44. The molecular weight excluding hydrogens is 248 g/mol. The van der Waals surface area contributed by atoms with Crippen LogP contribution in [0.25, 0.3) is 0 Å². The maximum atomic E-state index is 11.3. The number of benzene rings is 1. The van der Waals surface area contributed by atoms with E-state index in [9.17, 15) is 14.7 Å². The van der Waals surface area contributed by atoms with E-state index in [1.807, 2.05) is 0 Å². The van der Waals surface area contributed by atoms with Crippen LogP contribution in [0.15, 0.2) is 40.9 Å². The Kier molecular flexibility index (Phi) is 3.59. The van der Waals surface area contributed by atoms with E-state index in [0.717, 1.165) is 10.5 Å². The van der Waals surface area contributed by atoms with Gasteiger partial charge in [0.1, 0.15) is 0 Å². The summed E-state index contributed by atoms with van der Waals surface area (Å²) in [7, 11) is 0. The summed E-state index contributed by atoms with van der Waals surface area (Å²) in [6, 6.07) is 6.62. The summed E-state index contributed by atoms with van der Waals surface area (Å²) < 4.78 is 0.859. The van der Waals surface area contributed by atoms with Crippen LogP contribution in [0.2, 0.25) is 0 Å². The number of carboxylic acids is 1. The zero-order chi connectivity index (χ0) is 10.6. The van der Waals surface area contributed by atoms with E-state index in [2.05, 4.69) is 15.9 Å². The minimum atomic E-state index is -1.38. The molecule has 1 rings (SSSR count). The summed E-state index contributed by atoms with van der Waals surface area (Å²) in [5.41, 5.74) is 0.436. The zero-order valence-electron chi connectivity index (χ0n) is 7.07. The molecule has 0 aliphatic heterocycles. The van der Waals surface area contributed by atoms with Crippen LogP contribution in [-0.2, 0) is 4.79 Å². The molecule has 0 spiro atoms. The average molecular weight is 254 g/mol. The van der Waals surface area contributed by atoms with Crippen molar-refractivity contribution in [3.8, 4) is 0 Å². The second-order valence-electron chi connectivity index (χ2n) is 2.52. The Bertz CT molecular complexity index is 379. The van der Waals surface area contributed by atoms with Crippen LogP contribution in [0.4, 0.5) is 0 Å². The molecule has 0 aliphatic rings. The quantitative estimate of drug-likeness (QED) is 0.595. The molecule has 0 fully saturated rings. The van der Waals surface area contributed by atoms with Gasteiger partial charge < -0.3 is 9.90 Å². The van der Waals surface area contributed by atoms with Crippen LogP contribution in [0.1, 0.15) is 10.4 Å². The Morgan fingerprint density at radius 2 is 1.71 bits per heavy atom. The SMILES string of the molecule is O=C([O-])/C=C/C(=O)c1ccc(Br)cc1. The first-order chi connectivity index (χ1) is 6.59. The largest absolute Gasteiger partial charge is 0.545 e. The molecule has 0 radical (unpaired) electrons. The van der Waals surface area contributed by atoms with Gasteiger partial charge in [-0.2, -0.15) is 0 Å². The molecule has 0 aromatic heterocycles. The molecule has 72 valence electrons. The Balaban J connectivity index is 2.80. The second kappa shape index (κ2) is 4.72. The van der Waals surface area contributed by atoms with E-state index in [4.69, 9.17) is 0 Å². The molecule has 0 N–H and O–H groups in total. The van der Waals surface area contributed by atoms with Crippen LogP contribution in [0, 0.1) is 0 Å². The third-order valence-corrected chi connectivity index (χ3v) is 2.03. The topological polar surface area (TPSA) is 57.2 Å². The van der Waals surface area contributed by atoms with Crippen molar-refractivity contribution < 1.29 is 14.7 Å². The number of carboxylic acid groups (broad SMARTS) is 1. The van der Waals surface area contributed by atoms with Crippen molar-refractivity contribution in [3.63, 3.8) is 0 Å². The normalized spacial score (nSPS) is 10.4. The molecule has 4 heteroatoms. The molecule has 3 nitrogen and oxygen atoms in total. The van der Waals surface area contributed by atoms with Crippen LogP contribution in [0.5, 0.6) is 0 Å². The maximum absolute atomic E-state index is 11.3. The highest BCUT2D eigenvalue weighted by Crippen LogP contribution is 2.11. The summed E-state index contributed by atoms with van der Waals surface area (Å²) in [6.07, 6.45) is 1.68. The van der Waals surface area contributed by atoms with E-state index < -0.39 is 5.97 Å². The van der Waals surface area contributed by atoms with Gasteiger partial charge in [0.25, 0.3) is 0 Å². The number of carbonyl (C=O) groups is 2. The van der Waals surface area contributed by atoms with Crippen molar-refractivity contribution in [2.45, 2.75) is 0 Å². The summed E-state index contributed by atoms with van der Waals surface area (Å²) in [4.78, 5) is 21.3. The lowest BCUT2D eigenvalue weighted by molar-refractivity contribution is -0.297. The van der Waals surface area contributed by atoms with Crippen LogP contribution >= 0.6 is 15.9 Å². The van der Waals surface area contributed by atoms with E-state index in [0.29, 0.717) is 11.6 Å². The van der Waals surface area contributed by atoms with Gasteiger partial charge in [0.15, 0.2) is 5.78 Å². The Labute approximate surface area is 89.2 Å². The first kappa shape index (κ1) is 10.7. The van der Waals surface area contributed by atoms with Crippen molar-refractivity contribution in [2.75, 3.05) is 0 Å². The number of halogens is 1. The lowest BCUT2D eigenvalue weighted by Gasteiger charge is -1.96. The van der Waals surface area contributed by atoms with Crippen LogP contribution < -0.4 is 5.11 Å². The number of ketones is 1. The molecule has 0 saturated heterocycles. The average Bonchev–Trinajstić information content (AvgIpc) is 2.15. The number of hydrogen-bond acceptors (Lipinski definition) is 3. The third-order valence-electron chi connectivity index (χ3n) is 1.50. The van der Waals surface area contributed by atoms with Crippen molar-refractivity contribution in [2.24, 2.45) is 0 Å². The Morgan fingerprint density at radius 1 is 1.14 bits per heavy atom. The number of hydrogen-bond donors (Lipinski definition) is 0. The predicted octanol–water partition coefficient (Wildman–Crippen LogP) is 0.938.